The van der Waals surface area contributed by atoms with Gasteiger partial charge in [0.2, 0.25) is 0 Å². The predicted octanol–water partition coefficient (Wildman–Crippen LogP) is 2.99. The van der Waals surface area contributed by atoms with Gasteiger partial charge in [-0.1, -0.05) is 37.3 Å². The summed E-state index contributed by atoms with van der Waals surface area (Å²) in [6.45, 7) is 11.4. The molecule has 1 aromatic rings. The third-order valence-corrected chi connectivity index (χ3v) is 4.42. The molecule has 2 rings (SSSR count). The average Bonchev–Trinajstić information content (AvgIpc) is 2.42. The summed E-state index contributed by atoms with van der Waals surface area (Å²) in [6.07, 6.45) is 1.22. The highest BCUT2D eigenvalue weighted by molar-refractivity contribution is 5.25. The minimum Gasteiger partial charge on any atom is -0.305 e. The lowest BCUT2D eigenvalue weighted by Crippen LogP contribution is -2.62. The van der Waals surface area contributed by atoms with Crippen LogP contribution in [0, 0.1) is 0 Å². The van der Waals surface area contributed by atoms with E-state index >= 15 is 0 Å². The number of nitrogens with one attached hydrogen (secondary N) is 1. The van der Waals surface area contributed by atoms with Gasteiger partial charge in [-0.05, 0) is 32.8 Å². The van der Waals surface area contributed by atoms with Crippen LogP contribution >= 0.6 is 0 Å². The number of benzene rings is 1. The van der Waals surface area contributed by atoms with E-state index in [-0.39, 0.29) is 5.54 Å². The zero-order valence-corrected chi connectivity index (χ0v) is 12.1. The van der Waals surface area contributed by atoms with Crippen molar-refractivity contribution >= 4 is 0 Å². The molecule has 1 fully saturated rings. The highest BCUT2D eigenvalue weighted by atomic mass is 15.3. The summed E-state index contributed by atoms with van der Waals surface area (Å²) in [5.41, 5.74) is 1.47. The van der Waals surface area contributed by atoms with Crippen molar-refractivity contribution in [3.8, 4) is 0 Å². The summed E-state index contributed by atoms with van der Waals surface area (Å²) in [6, 6.07) is 12.1. The Bertz CT molecular complexity index is 372. The molecule has 1 aliphatic rings. The van der Waals surface area contributed by atoms with Crippen molar-refractivity contribution in [1.82, 2.24) is 10.2 Å². The number of hydrogen-bond acceptors (Lipinski definition) is 2. The molecule has 3 atom stereocenters. The van der Waals surface area contributed by atoms with E-state index in [1.165, 1.54) is 12.0 Å². The van der Waals surface area contributed by atoms with Crippen LogP contribution in [-0.4, -0.2) is 30.1 Å². The molecule has 1 aromatic carbocycles. The lowest BCUT2D eigenvalue weighted by atomic mass is 9.87. The number of nitrogens with zero attached hydrogens (tertiary/aromatic N) is 1. The van der Waals surface area contributed by atoms with Gasteiger partial charge in [0.05, 0.1) is 5.54 Å². The standard InChI is InChI=1S/C16H26N2/c1-5-13(2)18-12-16(4,17-11-14(18)3)15-9-7-6-8-10-15/h6-10,13-14,17H,5,11-12H2,1-4H3. The zero-order valence-electron chi connectivity index (χ0n) is 12.1. The molecule has 0 aromatic heterocycles. The van der Waals surface area contributed by atoms with Gasteiger partial charge in [0.15, 0.2) is 0 Å². The average molecular weight is 246 g/mol. The van der Waals surface area contributed by atoms with Crippen LogP contribution in [0.1, 0.15) is 39.7 Å². The van der Waals surface area contributed by atoms with E-state index in [1.54, 1.807) is 0 Å². The molecule has 3 unspecified atom stereocenters. The van der Waals surface area contributed by atoms with Crippen LogP contribution in [0.3, 0.4) is 0 Å². The molecule has 2 heteroatoms. The van der Waals surface area contributed by atoms with Crippen molar-refractivity contribution in [1.29, 1.82) is 0 Å². The van der Waals surface area contributed by atoms with Gasteiger partial charge in [0.1, 0.15) is 0 Å². The van der Waals surface area contributed by atoms with Crippen LogP contribution in [0.2, 0.25) is 0 Å². The monoisotopic (exact) mass is 246 g/mol. The molecule has 0 amide bonds. The number of hydrogen-bond donors (Lipinski definition) is 1. The van der Waals surface area contributed by atoms with Gasteiger partial charge in [-0.15, -0.1) is 0 Å². The minimum absolute atomic E-state index is 0.0806. The molecule has 1 heterocycles. The second-order valence-corrected chi connectivity index (χ2v) is 5.86. The quantitative estimate of drug-likeness (QED) is 0.882. The van der Waals surface area contributed by atoms with Crippen molar-refractivity contribution in [3.63, 3.8) is 0 Å². The first-order chi connectivity index (χ1) is 8.57. The normalized spacial score (nSPS) is 31.2. The van der Waals surface area contributed by atoms with Crippen molar-refractivity contribution < 1.29 is 0 Å². The van der Waals surface area contributed by atoms with Gasteiger partial charge in [0, 0.05) is 25.2 Å². The first kappa shape index (κ1) is 13.6. The smallest absolute Gasteiger partial charge is 0.0535 e. The molecule has 18 heavy (non-hydrogen) atoms. The Labute approximate surface area is 111 Å². The maximum absolute atomic E-state index is 3.73. The summed E-state index contributed by atoms with van der Waals surface area (Å²) in [5, 5.41) is 3.73. The first-order valence-corrected chi connectivity index (χ1v) is 7.13. The van der Waals surface area contributed by atoms with Gasteiger partial charge in [0.25, 0.3) is 0 Å². The minimum atomic E-state index is 0.0806. The van der Waals surface area contributed by atoms with Crippen molar-refractivity contribution in [2.75, 3.05) is 13.1 Å². The van der Waals surface area contributed by atoms with Crippen molar-refractivity contribution in [3.05, 3.63) is 35.9 Å². The predicted molar refractivity (Wildman–Crippen MR) is 77.7 cm³/mol. The van der Waals surface area contributed by atoms with E-state index in [4.69, 9.17) is 0 Å². The Kier molecular flexibility index (Phi) is 4.08. The van der Waals surface area contributed by atoms with Crippen molar-refractivity contribution in [2.45, 2.75) is 51.7 Å². The molecule has 1 N–H and O–H groups in total. The molecule has 0 spiro atoms. The van der Waals surface area contributed by atoms with Gasteiger partial charge >= 0.3 is 0 Å². The Morgan fingerprint density at radius 3 is 2.67 bits per heavy atom. The second kappa shape index (κ2) is 5.41. The van der Waals surface area contributed by atoms with E-state index in [9.17, 15) is 0 Å². The summed E-state index contributed by atoms with van der Waals surface area (Å²) in [5.74, 6) is 0. The summed E-state index contributed by atoms with van der Waals surface area (Å²) >= 11 is 0. The van der Waals surface area contributed by atoms with E-state index in [1.807, 2.05) is 0 Å². The van der Waals surface area contributed by atoms with Crippen LogP contribution in [-0.2, 0) is 5.54 Å². The van der Waals surface area contributed by atoms with Crippen molar-refractivity contribution in [2.24, 2.45) is 0 Å². The fourth-order valence-corrected chi connectivity index (χ4v) is 2.89. The Morgan fingerprint density at radius 2 is 2.06 bits per heavy atom. The Morgan fingerprint density at radius 1 is 1.39 bits per heavy atom. The van der Waals surface area contributed by atoms with E-state index in [2.05, 4.69) is 68.2 Å². The molecular formula is C16H26N2. The highest BCUT2D eigenvalue weighted by Gasteiger charge is 2.36. The zero-order chi connectivity index (χ0) is 13.2. The van der Waals surface area contributed by atoms with E-state index in [0.717, 1.165) is 13.1 Å². The van der Waals surface area contributed by atoms with Gasteiger partial charge in [-0.2, -0.15) is 0 Å². The van der Waals surface area contributed by atoms with Crippen LogP contribution in [0.4, 0.5) is 0 Å². The largest absolute Gasteiger partial charge is 0.305 e. The SMILES string of the molecule is CCC(C)N1CC(C)(c2ccccc2)NCC1C. The molecule has 2 nitrogen and oxygen atoms in total. The third kappa shape index (κ3) is 2.60. The molecule has 1 saturated heterocycles. The highest BCUT2D eigenvalue weighted by Crippen LogP contribution is 2.27. The van der Waals surface area contributed by atoms with Crippen LogP contribution in [0.25, 0.3) is 0 Å². The summed E-state index contributed by atoms with van der Waals surface area (Å²) in [4.78, 5) is 2.64. The lowest BCUT2D eigenvalue weighted by Gasteiger charge is -2.48. The fraction of sp³-hybridized carbons (Fsp3) is 0.625. The molecule has 100 valence electrons. The lowest BCUT2D eigenvalue weighted by molar-refractivity contribution is 0.0591. The number of piperazine rings is 1. The Hall–Kier alpha value is -0.860. The topological polar surface area (TPSA) is 15.3 Å². The maximum Gasteiger partial charge on any atom is 0.0535 e. The van der Waals surface area contributed by atoms with Crippen LogP contribution in [0.5, 0.6) is 0 Å². The summed E-state index contributed by atoms with van der Waals surface area (Å²) < 4.78 is 0. The third-order valence-electron chi connectivity index (χ3n) is 4.42. The van der Waals surface area contributed by atoms with Crippen LogP contribution in [0.15, 0.2) is 30.3 Å². The molecular weight excluding hydrogens is 220 g/mol. The fourth-order valence-electron chi connectivity index (χ4n) is 2.89. The molecule has 0 saturated carbocycles. The molecule has 0 aliphatic carbocycles. The molecule has 0 radical (unpaired) electrons. The van der Waals surface area contributed by atoms with E-state index < -0.39 is 0 Å². The Balaban J connectivity index is 2.20. The second-order valence-electron chi connectivity index (χ2n) is 5.86. The maximum atomic E-state index is 3.73. The molecule has 0 bridgehead atoms. The first-order valence-electron chi connectivity index (χ1n) is 7.13. The number of rotatable bonds is 3. The van der Waals surface area contributed by atoms with Gasteiger partial charge in [-0.25, -0.2) is 0 Å². The van der Waals surface area contributed by atoms with Crippen LogP contribution < -0.4 is 5.32 Å². The van der Waals surface area contributed by atoms with Gasteiger partial charge in [-0.3, -0.25) is 4.90 Å². The molecule has 1 aliphatic heterocycles. The van der Waals surface area contributed by atoms with E-state index in [0.29, 0.717) is 12.1 Å². The van der Waals surface area contributed by atoms with Gasteiger partial charge < -0.3 is 5.32 Å². The summed E-state index contributed by atoms with van der Waals surface area (Å²) in [7, 11) is 0.